The Morgan fingerprint density at radius 1 is 1.40 bits per heavy atom. The van der Waals surface area contributed by atoms with Gasteiger partial charge in [0.25, 0.3) is 5.69 Å². The second-order valence-corrected chi connectivity index (χ2v) is 6.05. The van der Waals surface area contributed by atoms with E-state index in [2.05, 4.69) is 4.98 Å². The molecular formula is C17H20ClN3O4. The lowest BCUT2D eigenvalue weighted by Crippen LogP contribution is -2.19. The molecule has 0 aliphatic rings. The van der Waals surface area contributed by atoms with Gasteiger partial charge in [-0.1, -0.05) is 43.5 Å². The fraction of sp³-hybridized carbons (Fsp3) is 0.412. The summed E-state index contributed by atoms with van der Waals surface area (Å²) >= 11 is 6.22. The van der Waals surface area contributed by atoms with Gasteiger partial charge in [-0.2, -0.15) is 0 Å². The Balaban J connectivity index is 2.30. The number of rotatable bonds is 8. The molecule has 2 rings (SSSR count). The summed E-state index contributed by atoms with van der Waals surface area (Å²) in [5, 5.41) is 11.0. The number of esters is 1. The highest BCUT2D eigenvalue weighted by atomic mass is 35.5. The van der Waals surface area contributed by atoms with Crippen molar-refractivity contribution in [2.45, 2.75) is 38.6 Å². The Hall–Kier alpha value is -2.41. The fourth-order valence-electron chi connectivity index (χ4n) is 2.67. The van der Waals surface area contributed by atoms with Gasteiger partial charge in [-0.05, 0) is 12.0 Å². The van der Waals surface area contributed by atoms with Gasteiger partial charge in [-0.25, -0.2) is 4.98 Å². The predicted molar refractivity (Wildman–Crippen MR) is 93.7 cm³/mol. The van der Waals surface area contributed by atoms with Gasteiger partial charge in [0.1, 0.15) is 5.92 Å². The SMILES string of the molecule is CCCCC(C(=O)OC)c1c(Cl)ncn1Cc1ccc([N+](=O)[O-])cc1. The van der Waals surface area contributed by atoms with Crippen LogP contribution in [0, 0.1) is 10.1 Å². The van der Waals surface area contributed by atoms with Crippen molar-refractivity contribution >= 4 is 23.3 Å². The molecule has 0 aliphatic heterocycles. The Bertz CT molecular complexity index is 743. The van der Waals surface area contributed by atoms with E-state index >= 15 is 0 Å². The molecule has 1 aromatic heterocycles. The van der Waals surface area contributed by atoms with Crippen molar-refractivity contribution in [2.75, 3.05) is 7.11 Å². The predicted octanol–water partition coefficient (Wildman–Crippen LogP) is 3.94. The Kier molecular flexibility index (Phi) is 6.52. The Labute approximate surface area is 150 Å². The average Bonchev–Trinajstić information content (AvgIpc) is 2.96. The molecular weight excluding hydrogens is 346 g/mol. The molecule has 0 spiro atoms. The number of nitro groups is 1. The molecule has 0 amide bonds. The highest BCUT2D eigenvalue weighted by Gasteiger charge is 2.27. The Morgan fingerprint density at radius 3 is 2.64 bits per heavy atom. The van der Waals surface area contributed by atoms with E-state index in [-0.39, 0.29) is 16.8 Å². The standard InChI is InChI=1S/C17H20ClN3O4/c1-3-4-5-14(17(22)25-2)15-16(18)19-11-20(15)10-12-6-8-13(9-7-12)21(23)24/h6-9,11,14H,3-5,10H2,1-2H3. The van der Waals surface area contributed by atoms with Crippen LogP contribution in [-0.2, 0) is 16.1 Å². The third-order valence-corrected chi connectivity index (χ3v) is 4.28. The van der Waals surface area contributed by atoms with Gasteiger partial charge in [0.05, 0.1) is 24.1 Å². The zero-order valence-corrected chi connectivity index (χ0v) is 14.9. The third kappa shape index (κ3) is 4.57. The second kappa shape index (κ2) is 8.62. The number of carbonyl (C=O) groups excluding carboxylic acids is 1. The maximum Gasteiger partial charge on any atom is 0.314 e. The summed E-state index contributed by atoms with van der Waals surface area (Å²) in [4.78, 5) is 26.6. The van der Waals surface area contributed by atoms with Crippen molar-refractivity contribution in [2.24, 2.45) is 0 Å². The first-order valence-corrected chi connectivity index (χ1v) is 8.37. The normalized spacial score (nSPS) is 12.0. The first kappa shape index (κ1) is 18.9. The number of methoxy groups -OCH3 is 1. The number of non-ortho nitro benzene ring substituents is 1. The van der Waals surface area contributed by atoms with Crippen LogP contribution in [0.4, 0.5) is 5.69 Å². The molecule has 1 heterocycles. The lowest BCUT2D eigenvalue weighted by atomic mass is 9.98. The lowest BCUT2D eigenvalue weighted by Gasteiger charge is -2.17. The number of imidazole rings is 1. The van der Waals surface area contributed by atoms with E-state index in [4.69, 9.17) is 16.3 Å². The van der Waals surface area contributed by atoms with E-state index in [9.17, 15) is 14.9 Å². The molecule has 0 bridgehead atoms. The summed E-state index contributed by atoms with van der Waals surface area (Å²) in [6.45, 7) is 2.46. The number of carbonyl (C=O) groups is 1. The first-order valence-electron chi connectivity index (χ1n) is 7.99. The van der Waals surface area contributed by atoms with E-state index in [0.717, 1.165) is 18.4 Å². The smallest absolute Gasteiger partial charge is 0.314 e. The second-order valence-electron chi connectivity index (χ2n) is 5.69. The van der Waals surface area contributed by atoms with Crippen molar-refractivity contribution in [3.63, 3.8) is 0 Å². The van der Waals surface area contributed by atoms with E-state index in [1.54, 1.807) is 23.0 Å². The van der Waals surface area contributed by atoms with Gasteiger partial charge in [-0.3, -0.25) is 14.9 Å². The van der Waals surface area contributed by atoms with Gasteiger partial charge in [0.2, 0.25) is 0 Å². The maximum atomic E-state index is 12.2. The van der Waals surface area contributed by atoms with Crippen LogP contribution in [-0.4, -0.2) is 27.6 Å². The molecule has 0 fully saturated rings. The van der Waals surface area contributed by atoms with E-state index in [1.807, 2.05) is 6.92 Å². The molecule has 7 nitrogen and oxygen atoms in total. The monoisotopic (exact) mass is 365 g/mol. The van der Waals surface area contributed by atoms with Crippen LogP contribution in [0.5, 0.6) is 0 Å². The summed E-state index contributed by atoms with van der Waals surface area (Å²) in [7, 11) is 1.35. The number of ether oxygens (including phenoxy) is 1. The molecule has 0 aliphatic carbocycles. The highest BCUT2D eigenvalue weighted by molar-refractivity contribution is 6.30. The van der Waals surface area contributed by atoms with Gasteiger partial charge < -0.3 is 9.30 Å². The fourth-order valence-corrected chi connectivity index (χ4v) is 2.96. The largest absolute Gasteiger partial charge is 0.469 e. The van der Waals surface area contributed by atoms with Crippen LogP contribution >= 0.6 is 11.6 Å². The van der Waals surface area contributed by atoms with Crippen molar-refractivity contribution in [1.82, 2.24) is 9.55 Å². The topological polar surface area (TPSA) is 87.3 Å². The number of hydrogen-bond donors (Lipinski definition) is 0. The molecule has 0 saturated heterocycles. The van der Waals surface area contributed by atoms with E-state index < -0.39 is 10.8 Å². The van der Waals surface area contributed by atoms with Crippen molar-refractivity contribution in [3.05, 3.63) is 57.1 Å². The summed E-state index contributed by atoms with van der Waals surface area (Å²) in [6.07, 6.45) is 4.00. The van der Waals surface area contributed by atoms with Gasteiger partial charge in [0.15, 0.2) is 5.15 Å². The molecule has 1 atom stereocenters. The van der Waals surface area contributed by atoms with Crippen LogP contribution in [0.25, 0.3) is 0 Å². The van der Waals surface area contributed by atoms with E-state index in [0.29, 0.717) is 18.7 Å². The molecule has 0 saturated carbocycles. The van der Waals surface area contributed by atoms with Gasteiger partial charge >= 0.3 is 5.97 Å². The number of nitrogens with zero attached hydrogens (tertiary/aromatic N) is 3. The first-order chi connectivity index (χ1) is 12.0. The van der Waals surface area contributed by atoms with Crippen LogP contribution in [0.15, 0.2) is 30.6 Å². The minimum Gasteiger partial charge on any atom is -0.469 e. The van der Waals surface area contributed by atoms with Crippen LogP contribution in [0.2, 0.25) is 5.15 Å². The summed E-state index contributed by atoms with van der Waals surface area (Å²) in [5.74, 6) is -0.834. The van der Waals surface area contributed by atoms with Crippen molar-refractivity contribution < 1.29 is 14.5 Å². The van der Waals surface area contributed by atoms with Crippen LogP contribution in [0.3, 0.4) is 0 Å². The van der Waals surface area contributed by atoms with Gasteiger partial charge in [-0.15, -0.1) is 0 Å². The van der Waals surface area contributed by atoms with Crippen molar-refractivity contribution in [1.29, 1.82) is 0 Å². The minimum absolute atomic E-state index is 0.0306. The molecule has 0 N–H and O–H groups in total. The van der Waals surface area contributed by atoms with Gasteiger partial charge in [0, 0.05) is 18.7 Å². The zero-order chi connectivity index (χ0) is 18.4. The molecule has 25 heavy (non-hydrogen) atoms. The quantitative estimate of drug-likeness (QED) is 0.401. The third-order valence-electron chi connectivity index (χ3n) is 3.99. The summed E-state index contributed by atoms with van der Waals surface area (Å²) in [5.41, 5.74) is 1.49. The zero-order valence-electron chi connectivity index (χ0n) is 14.1. The number of benzene rings is 1. The maximum absolute atomic E-state index is 12.2. The molecule has 134 valence electrons. The number of hydrogen-bond acceptors (Lipinski definition) is 5. The molecule has 8 heteroatoms. The number of nitro benzene ring substituents is 1. The average molecular weight is 366 g/mol. The number of halogens is 1. The van der Waals surface area contributed by atoms with Crippen molar-refractivity contribution in [3.8, 4) is 0 Å². The Morgan fingerprint density at radius 2 is 2.08 bits per heavy atom. The number of unbranched alkanes of at least 4 members (excludes halogenated alkanes) is 1. The minimum atomic E-state index is -0.488. The molecule has 1 unspecified atom stereocenters. The molecule has 2 aromatic rings. The number of aromatic nitrogens is 2. The summed E-state index contributed by atoms with van der Waals surface area (Å²) in [6, 6.07) is 6.24. The van der Waals surface area contributed by atoms with Crippen LogP contribution < -0.4 is 0 Å². The highest BCUT2D eigenvalue weighted by Crippen LogP contribution is 2.30. The summed E-state index contributed by atoms with van der Waals surface area (Å²) < 4.78 is 6.71. The molecule has 1 aromatic carbocycles. The lowest BCUT2D eigenvalue weighted by molar-refractivity contribution is -0.384. The molecule has 0 radical (unpaired) electrons. The van der Waals surface area contributed by atoms with E-state index in [1.165, 1.54) is 19.2 Å². The van der Waals surface area contributed by atoms with Crippen LogP contribution in [0.1, 0.15) is 43.4 Å².